The predicted octanol–water partition coefficient (Wildman–Crippen LogP) is 1.73. The fourth-order valence-electron chi connectivity index (χ4n) is 2.04. The molecular formula is C14H18ClNO5S. The molecule has 22 heavy (non-hydrogen) atoms. The van der Waals surface area contributed by atoms with Gasteiger partial charge in [-0.2, -0.15) is 0 Å². The number of carbonyl (C=O) groups excluding carboxylic acids is 1. The summed E-state index contributed by atoms with van der Waals surface area (Å²) < 4.78 is 37.0. The van der Waals surface area contributed by atoms with E-state index in [1.54, 1.807) is 6.07 Å². The van der Waals surface area contributed by atoms with Crippen LogP contribution < -0.4 is 4.72 Å². The van der Waals surface area contributed by atoms with Crippen LogP contribution in [0.1, 0.15) is 19.8 Å². The van der Waals surface area contributed by atoms with E-state index in [1.165, 1.54) is 25.1 Å². The van der Waals surface area contributed by atoms with Crippen molar-refractivity contribution >= 4 is 27.5 Å². The Kier molecular flexibility index (Phi) is 5.80. The maximum Gasteiger partial charge on any atom is 0.265 e. The van der Waals surface area contributed by atoms with Crippen molar-refractivity contribution in [1.29, 1.82) is 0 Å². The van der Waals surface area contributed by atoms with Crippen LogP contribution >= 0.6 is 11.6 Å². The van der Waals surface area contributed by atoms with Crippen LogP contribution in [0.5, 0.6) is 0 Å². The quantitative estimate of drug-likeness (QED) is 0.847. The molecule has 2 rings (SSSR count). The van der Waals surface area contributed by atoms with Crippen LogP contribution in [0.4, 0.5) is 0 Å². The first-order chi connectivity index (χ1) is 10.4. The summed E-state index contributed by atoms with van der Waals surface area (Å²) in [5, 5.41) is 0.0516. The average molecular weight is 348 g/mol. The highest BCUT2D eigenvalue weighted by Crippen LogP contribution is 2.20. The van der Waals surface area contributed by atoms with Crippen LogP contribution in [0.25, 0.3) is 0 Å². The number of ether oxygens (including phenoxy) is 2. The smallest absolute Gasteiger partial charge is 0.265 e. The van der Waals surface area contributed by atoms with E-state index in [4.69, 9.17) is 21.1 Å². The molecule has 1 aromatic carbocycles. The van der Waals surface area contributed by atoms with Crippen molar-refractivity contribution in [3.8, 4) is 0 Å². The lowest BCUT2D eigenvalue weighted by Gasteiger charge is -2.16. The molecule has 0 aromatic heterocycles. The zero-order chi connectivity index (χ0) is 16.2. The number of sulfonamides is 1. The summed E-state index contributed by atoms with van der Waals surface area (Å²) in [4.78, 5) is 11.8. The molecule has 0 aliphatic carbocycles. The van der Waals surface area contributed by atoms with Crippen LogP contribution in [0.15, 0.2) is 29.2 Å². The summed E-state index contributed by atoms with van der Waals surface area (Å²) in [5.41, 5.74) is 0. The van der Waals surface area contributed by atoms with Gasteiger partial charge in [0, 0.05) is 6.61 Å². The number of nitrogens with one attached hydrogen (secondary N) is 1. The van der Waals surface area contributed by atoms with Gasteiger partial charge in [-0.15, -0.1) is 0 Å². The predicted molar refractivity (Wildman–Crippen MR) is 81.2 cm³/mol. The zero-order valence-corrected chi connectivity index (χ0v) is 13.7. The topological polar surface area (TPSA) is 81.7 Å². The molecule has 6 nitrogen and oxygen atoms in total. The number of halogens is 1. The second kappa shape index (κ2) is 7.41. The molecule has 2 unspecified atom stereocenters. The fourth-order valence-corrected chi connectivity index (χ4v) is 3.60. The van der Waals surface area contributed by atoms with Gasteiger partial charge in [-0.3, -0.25) is 4.79 Å². The van der Waals surface area contributed by atoms with Gasteiger partial charge in [0.2, 0.25) is 0 Å². The molecule has 1 saturated heterocycles. The van der Waals surface area contributed by atoms with E-state index in [2.05, 4.69) is 0 Å². The molecule has 0 saturated carbocycles. The first kappa shape index (κ1) is 17.2. The molecular weight excluding hydrogens is 330 g/mol. The van der Waals surface area contributed by atoms with Crippen LogP contribution in [0.2, 0.25) is 5.02 Å². The van der Waals surface area contributed by atoms with E-state index >= 15 is 0 Å². The number of amides is 1. The molecule has 1 aliphatic rings. The molecule has 122 valence electrons. The number of benzene rings is 1. The molecule has 2 atom stereocenters. The lowest BCUT2D eigenvalue weighted by molar-refractivity contribution is -0.131. The molecule has 1 heterocycles. The Hall–Kier alpha value is -1.15. The second-order valence-corrected chi connectivity index (χ2v) is 7.07. The minimum Gasteiger partial charge on any atom is -0.376 e. The standard InChI is InChI=1S/C14H18ClNO5S/c1-10(21-9-11-5-4-8-20-11)14(17)16-22(18,19)13-7-3-2-6-12(13)15/h2-3,6-7,10-11H,4-5,8-9H2,1H3,(H,16,17). The Labute approximate surface area is 134 Å². The molecule has 1 N–H and O–H groups in total. The van der Waals surface area contributed by atoms with E-state index in [-0.39, 0.29) is 22.6 Å². The van der Waals surface area contributed by atoms with Gasteiger partial charge in [-0.05, 0) is 31.9 Å². The largest absolute Gasteiger partial charge is 0.376 e. The van der Waals surface area contributed by atoms with Crippen molar-refractivity contribution in [2.75, 3.05) is 13.2 Å². The first-order valence-electron chi connectivity index (χ1n) is 6.94. The van der Waals surface area contributed by atoms with Crippen molar-refractivity contribution in [2.24, 2.45) is 0 Å². The normalized spacial score (nSPS) is 19.8. The van der Waals surface area contributed by atoms with E-state index in [9.17, 15) is 13.2 Å². The van der Waals surface area contributed by atoms with Gasteiger partial charge in [-0.1, -0.05) is 23.7 Å². The molecule has 1 amide bonds. The minimum absolute atomic E-state index is 0.0320. The highest BCUT2D eigenvalue weighted by Gasteiger charge is 2.25. The number of carbonyl (C=O) groups is 1. The van der Waals surface area contributed by atoms with E-state index < -0.39 is 22.0 Å². The van der Waals surface area contributed by atoms with Gasteiger partial charge < -0.3 is 9.47 Å². The third kappa shape index (κ3) is 4.42. The Balaban J connectivity index is 1.93. The number of rotatable bonds is 6. The Bertz CT molecular complexity index is 628. The highest BCUT2D eigenvalue weighted by molar-refractivity contribution is 7.90. The molecule has 0 radical (unpaired) electrons. The van der Waals surface area contributed by atoms with Crippen LogP contribution in [0.3, 0.4) is 0 Å². The minimum atomic E-state index is -4.02. The van der Waals surface area contributed by atoms with Gasteiger partial charge in [0.05, 0.1) is 17.7 Å². The van der Waals surface area contributed by atoms with Gasteiger partial charge in [0.15, 0.2) is 0 Å². The number of hydrogen-bond acceptors (Lipinski definition) is 5. The van der Waals surface area contributed by atoms with Crippen molar-refractivity contribution < 1.29 is 22.7 Å². The molecule has 1 fully saturated rings. The second-order valence-electron chi connectivity index (χ2n) is 5.01. The summed E-state index contributed by atoms with van der Waals surface area (Å²) in [5.74, 6) is -0.738. The third-order valence-corrected chi connectivity index (χ3v) is 5.13. The summed E-state index contributed by atoms with van der Waals surface area (Å²) in [6, 6.07) is 5.91. The maximum absolute atomic E-state index is 12.1. The molecule has 1 aliphatic heterocycles. The lowest BCUT2D eigenvalue weighted by Crippen LogP contribution is -2.39. The summed E-state index contributed by atoms with van der Waals surface area (Å²) in [7, 11) is -4.02. The SMILES string of the molecule is CC(OCC1CCCO1)C(=O)NS(=O)(=O)c1ccccc1Cl. The van der Waals surface area contributed by atoms with E-state index in [1.807, 2.05) is 4.72 Å². The van der Waals surface area contributed by atoms with Crippen molar-refractivity contribution in [3.63, 3.8) is 0 Å². The highest BCUT2D eigenvalue weighted by atomic mass is 35.5. The molecule has 1 aromatic rings. The van der Waals surface area contributed by atoms with Crippen molar-refractivity contribution in [3.05, 3.63) is 29.3 Å². The summed E-state index contributed by atoms with van der Waals surface area (Å²) >= 11 is 5.84. The molecule has 0 bridgehead atoms. The first-order valence-corrected chi connectivity index (χ1v) is 8.80. The molecule has 8 heteroatoms. The monoisotopic (exact) mass is 347 g/mol. The Morgan fingerprint density at radius 3 is 2.86 bits per heavy atom. The zero-order valence-electron chi connectivity index (χ0n) is 12.1. The van der Waals surface area contributed by atoms with Crippen LogP contribution in [0, 0.1) is 0 Å². The summed E-state index contributed by atoms with van der Waals surface area (Å²) in [6.45, 7) is 2.45. The van der Waals surface area contributed by atoms with Gasteiger partial charge in [0.25, 0.3) is 15.9 Å². The van der Waals surface area contributed by atoms with Gasteiger partial charge in [-0.25, -0.2) is 13.1 Å². The summed E-state index contributed by atoms with van der Waals surface area (Å²) in [6.07, 6.45) is 0.916. The molecule has 0 spiro atoms. The lowest BCUT2D eigenvalue weighted by atomic mass is 10.2. The third-order valence-electron chi connectivity index (χ3n) is 3.29. The Morgan fingerprint density at radius 1 is 1.50 bits per heavy atom. The van der Waals surface area contributed by atoms with E-state index in [0.29, 0.717) is 6.61 Å². The van der Waals surface area contributed by atoms with Gasteiger partial charge in [0.1, 0.15) is 11.0 Å². The van der Waals surface area contributed by atoms with E-state index in [0.717, 1.165) is 12.8 Å². The van der Waals surface area contributed by atoms with Crippen LogP contribution in [-0.2, 0) is 24.3 Å². The maximum atomic E-state index is 12.1. The van der Waals surface area contributed by atoms with Crippen molar-refractivity contribution in [1.82, 2.24) is 4.72 Å². The Morgan fingerprint density at radius 2 is 2.23 bits per heavy atom. The average Bonchev–Trinajstić information content (AvgIpc) is 2.97. The fraction of sp³-hybridized carbons (Fsp3) is 0.500. The number of hydrogen-bond donors (Lipinski definition) is 1. The van der Waals surface area contributed by atoms with Crippen LogP contribution in [-0.4, -0.2) is 39.7 Å². The van der Waals surface area contributed by atoms with Gasteiger partial charge >= 0.3 is 0 Å². The van der Waals surface area contributed by atoms with Crippen molar-refractivity contribution in [2.45, 2.75) is 36.9 Å².